The molecule has 1 aromatic heterocycles. The maximum atomic E-state index is 13.4. The fraction of sp³-hybridized carbons (Fsp3) is 0.0870. The average Bonchev–Trinajstić information content (AvgIpc) is 3.17. The van der Waals surface area contributed by atoms with Crippen LogP contribution in [0.2, 0.25) is 0 Å². The van der Waals surface area contributed by atoms with Gasteiger partial charge < -0.3 is 9.73 Å². The lowest BCUT2D eigenvalue weighted by molar-refractivity contribution is 0.0964. The molecule has 164 valence electrons. The van der Waals surface area contributed by atoms with Crippen molar-refractivity contribution in [3.8, 4) is 22.5 Å². The smallest absolute Gasteiger partial charge is 0.298 e. The molecule has 4 aromatic rings. The predicted octanol–water partition coefficient (Wildman–Crippen LogP) is 4.14. The van der Waals surface area contributed by atoms with Crippen LogP contribution in [0.4, 0.5) is 10.1 Å². The van der Waals surface area contributed by atoms with E-state index in [2.05, 4.69) is 14.8 Å². The number of furan rings is 1. The van der Waals surface area contributed by atoms with E-state index in [4.69, 9.17) is 4.42 Å². The van der Waals surface area contributed by atoms with Crippen molar-refractivity contribution in [3.05, 3.63) is 78.1 Å². The van der Waals surface area contributed by atoms with Crippen LogP contribution in [0.5, 0.6) is 0 Å². The molecule has 1 amide bonds. The van der Waals surface area contributed by atoms with Gasteiger partial charge in [-0.1, -0.05) is 30.3 Å². The average molecular weight is 453 g/mol. The van der Waals surface area contributed by atoms with Crippen molar-refractivity contribution in [1.29, 1.82) is 0 Å². The number of fused-ring (bicyclic) bond motifs is 1. The Kier molecular flexibility index (Phi) is 5.68. The van der Waals surface area contributed by atoms with Gasteiger partial charge in [0.2, 0.25) is 0 Å². The third-order valence-electron chi connectivity index (χ3n) is 4.99. The van der Waals surface area contributed by atoms with Crippen LogP contribution in [0.15, 0.2) is 71.1 Å². The second kappa shape index (κ2) is 8.45. The topological polar surface area (TPSA) is 100 Å². The van der Waals surface area contributed by atoms with Gasteiger partial charge >= 0.3 is 0 Å². The molecule has 3 aromatic carbocycles. The summed E-state index contributed by atoms with van der Waals surface area (Å²) in [6.45, 7) is 0. The first-order chi connectivity index (χ1) is 15.3. The molecule has 0 bridgehead atoms. The van der Waals surface area contributed by atoms with Gasteiger partial charge in [0.15, 0.2) is 0 Å². The molecule has 0 saturated heterocycles. The lowest BCUT2D eigenvalue weighted by Gasteiger charge is -2.13. The lowest BCUT2D eigenvalue weighted by atomic mass is 9.99. The second-order valence-electron chi connectivity index (χ2n) is 6.96. The Morgan fingerprint density at radius 3 is 2.25 bits per heavy atom. The zero-order valence-electron chi connectivity index (χ0n) is 17.3. The van der Waals surface area contributed by atoms with Crippen molar-refractivity contribution in [2.24, 2.45) is 0 Å². The molecule has 0 radical (unpaired) electrons. The molecule has 0 spiro atoms. The fourth-order valence-electron chi connectivity index (χ4n) is 3.43. The van der Waals surface area contributed by atoms with Crippen LogP contribution in [-0.4, -0.2) is 28.4 Å². The summed E-state index contributed by atoms with van der Waals surface area (Å²) >= 11 is 0. The number of hydrogen-bond acceptors (Lipinski definition) is 4. The summed E-state index contributed by atoms with van der Waals surface area (Å²) in [5, 5.41) is 3.10. The highest BCUT2D eigenvalue weighted by molar-refractivity contribution is 7.90. The van der Waals surface area contributed by atoms with E-state index in [1.165, 1.54) is 44.4 Å². The quantitative estimate of drug-likeness (QED) is 0.408. The van der Waals surface area contributed by atoms with Gasteiger partial charge in [0.05, 0.1) is 11.3 Å². The maximum absolute atomic E-state index is 13.4. The summed E-state index contributed by atoms with van der Waals surface area (Å²) < 4.78 is 48.6. The van der Waals surface area contributed by atoms with Crippen molar-refractivity contribution in [2.45, 2.75) is 0 Å². The first-order valence-electron chi connectivity index (χ1n) is 9.68. The molecular formula is C23H20FN3O4S. The third-order valence-corrected chi connectivity index (χ3v) is 6.01. The summed E-state index contributed by atoms with van der Waals surface area (Å²) in [7, 11) is -1.01. The van der Waals surface area contributed by atoms with Gasteiger partial charge in [0.25, 0.3) is 16.1 Å². The molecule has 3 N–H and O–H groups in total. The van der Waals surface area contributed by atoms with Crippen molar-refractivity contribution < 1.29 is 22.0 Å². The van der Waals surface area contributed by atoms with Crippen LogP contribution in [0.1, 0.15) is 10.4 Å². The summed E-state index contributed by atoms with van der Waals surface area (Å²) in [6.07, 6.45) is 0. The molecule has 9 heteroatoms. The normalized spacial score (nSPS) is 11.5. The molecule has 0 saturated carbocycles. The highest BCUT2D eigenvalue weighted by atomic mass is 32.2. The van der Waals surface area contributed by atoms with Crippen LogP contribution < -0.4 is 14.8 Å². The largest absolute Gasteiger partial charge is 0.455 e. The number of nitrogens with one attached hydrogen (secondary N) is 3. The lowest BCUT2D eigenvalue weighted by Crippen LogP contribution is -2.26. The maximum Gasteiger partial charge on any atom is 0.298 e. The molecule has 0 aliphatic rings. The molecule has 1 heterocycles. The highest BCUT2D eigenvalue weighted by Crippen LogP contribution is 2.39. The number of carbonyl (C=O) groups is 1. The minimum absolute atomic E-state index is 0.256. The Labute approximate surface area is 184 Å². The summed E-state index contributed by atoms with van der Waals surface area (Å²) in [6, 6.07) is 18.0. The number of carbonyl (C=O) groups excluding carboxylic acids is 1. The van der Waals surface area contributed by atoms with Crippen molar-refractivity contribution in [1.82, 2.24) is 10.0 Å². The Morgan fingerprint density at radius 1 is 0.938 bits per heavy atom. The van der Waals surface area contributed by atoms with Crippen LogP contribution in [-0.2, 0) is 10.2 Å². The predicted molar refractivity (Wildman–Crippen MR) is 122 cm³/mol. The van der Waals surface area contributed by atoms with Gasteiger partial charge in [-0.3, -0.25) is 9.52 Å². The number of benzene rings is 3. The second-order valence-corrected chi connectivity index (χ2v) is 8.58. The number of halogens is 1. The number of anilines is 1. The fourth-order valence-corrected chi connectivity index (χ4v) is 4.00. The van der Waals surface area contributed by atoms with Gasteiger partial charge in [-0.05, 0) is 35.9 Å². The summed E-state index contributed by atoms with van der Waals surface area (Å²) in [5.41, 5.74) is 2.68. The van der Waals surface area contributed by atoms with Gasteiger partial charge in [-0.2, -0.15) is 8.42 Å². The van der Waals surface area contributed by atoms with Crippen LogP contribution in [0, 0.1) is 5.82 Å². The van der Waals surface area contributed by atoms with Gasteiger partial charge in [0, 0.05) is 36.7 Å². The molecule has 4 rings (SSSR count). The Bertz CT molecular complexity index is 1400. The molecule has 0 unspecified atom stereocenters. The van der Waals surface area contributed by atoms with E-state index in [1.807, 2.05) is 30.3 Å². The number of hydrogen-bond donors (Lipinski definition) is 3. The van der Waals surface area contributed by atoms with E-state index >= 15 is 0 Å². The van der Waals surface area contributed by atoms with Crippen LogP contribution in [0.3, 0.4) is 0 Å². The van der Waals surface area contributed by atoms with E-state index in [0.29, 0.717) is 22.1 Å². The van der Waals surface area contributed by atoms with E-state index < -0.39 is 16.0 Å². The zero-order valence-corrected chi connectivity index (χ0v) is 18.1. The number of amides is 1. The van der Waals surface area contributed by atoms with E-state index in [9.17, 15) is 17.6 Å². The monoisotopic (exact) mass is 453 g/mol. The minimum Gasteiger partial charge on any atom is -0.455 e. The summed E-state index contributed by atoms with van der Waals surface area (Å²) in [5.74, 6) is -0.542. The van der Waals surface area contributed by atoms with Crippen LogP contribution in [0.25, 0.3) is 33.4 Å². The van der Waals surface area contributed by atoms with Gasteiger partial charge in [-0.25, -0.2) is 9.11 Å². The van der Waals surface area contributed by atoms with Gasteiger partial charge in [0.1, 0.15) is 17.2 Å². The number of rotatable bonds is 6. The Balaban J connectivity index is 2.03. The highest BCUT2D eigenvalue weighted by Gasteiger charge is 2.24. The first-order valence-corrected chi connectivity index (χ1v) is 11.2. The molecular weight excluding hydrogens is 433 g/mol. The van der Waals surface area contributed by atoms with Crippen molar-refractivity contribution >= 4 is 32.8 Å². The van der Waals surface area contributed by atoms with Crippen molar-refractivity contribution in [3.63, 3.8) is 0 Å². The van der Waals surface area contributed by atoms with Crippen LogP contribution >= 0.6 is 0 Å². The molecule has 32 heavy (non-hydrogen) atoms. The van der Waals surface area contributed by atoms with Gasteiger partial charge in [-0.15, -0.1) is 0 Å². The minimum atomic E-state index is -3.82. The summed E-state index contributed by atoms with van der Waals surface area (Å²) in [4.78, 5) is 12.8. The zero-order chi connectivity index (χ0) is 22.9. The molecule has 7 nitrogen and oxygen atoms in total. The Morgan fingerprint density at radius 2 is 1.62 bits per heavy atom. The molecule has 0 aliphatic heterocycles. The third kappa shape index (κ3) is 4.08. The molecule has 0 atom stereocenters. The van der Waals surface area contributed by atoms with E-state index in [1.54, 1.807) is 6.07 Å². The van der Waals surface area contributed by atoms with E-state index in [-0.39, 0.29) is 22.9 Å². The van der Waals surface area contributed by atoms with E-state index in [0.717, 1.165) is 5.56 Å². The Hall–Kier alpha value is -3.69. The first kappa shape index (κ1) is 21.5. The van der Waals surface area contributed by atoms with Crippen molar-refractivity contribution in [2.75, 3.05) is 18.8 Å². The molecule has 0 fully saturated rings. The molecule has 0 aliphatic carbocycles. The standard InChI is InChI=1S/C23H20FN3O4S/c1-25-23(28)21-18-12-17(14-6-4-3-5-7-14)19(27-32(29,30)26-2)13-20(18)31-22(21)15-8-10-16(24)11-9-15/h3-13,26-27H,1-2H3,(H,25,28). The SMILES string of the molecule is CNC(=O)c1c(-c2ccc(F)cc2)oc2cc(NS(=O)(=O)NC)c(-c3ccccc3)cc12.